The molecule has 0 aromatic carbocycles. The number of rotatable bonds is 2. The lowest BCUT2D eigenvalue weighted by molar-refractivity contribution is -0.385. The quantitative estimate of drug-likeness (QED) is 0.515. The summed E-state index contributed by atoms with van der Waals surface area (Å²) in [6.45, 7) is 1.51. The van der Waals surface area contributed by atoms with Crippen LogP contribution >= 0.6 is 0 Å². The zero-order valence-corrected chi connectivity index (χ0v) is 6.35. The molecule has 1 heterocycles. The predicted octanol–water partition coefficient (Wildman–Crippen LogP) is 0.551. The predicted molar refractivity (Wildman–Crippen MR) is 40.4 cm³/mol. The molecule has 1 rings (SSSR count). The van der Waals surface area contributed by atoms with Gasteiger partial charge < -0.3 is 4.84 Å². The van der Waals surface area contributed by atoms with Crippen LogP contribution in [0.1, 0.15) is 5.69 Å². The second-order valence-electron chi connectivity index (χ2n) is 2.13. The van der Waals surface area contributed by atoms with Crippen LogP contribution in [-0.4, -0.2) is 9.91 Å². The number of nitro groups is 1. The maximum absolute atomic E-state index is 10.3. The number of aryl methyl sites for hydroxylation is 1. The van der Waals surface area contributed by atoms with E-state index in [0.717, 1.165) is 0 Å². The summed E-state index contributed by atoms with van der Waals surface area (Å²) in [7, 11) is 0. The molecule has 0 aliphatic carbocycles. The van der Waals surface area contributed by atoms with Crippen molar-refractivity contribution in [1.82, 2.24) is 4.98 Å². The van der Waals surface area contributed by atoms with Crippen LogP contribution in [0.15, 0.2) is 12.1 Å². The van der Waals surface area contributed by atoms with Gasteiger partial charge in [-0.05, 0) is 6.92 Å². The van der Waals surface area contributed by atoms with Crippen molar-refractivity contribution in [2.45, 2.75) is 6.92 Å². The minimum absolute atomic E-state index is 0.0456. The summed E-state index contributed by atoms with van der Waals surface area (Å²) in [4.78, 5) is 17.8. The molecule has 0 bridgehead atoms. The minimum Gasteiger partial charge on any atom is -0.391 e. The SMILES string of the molecule is Cc1nc(ON)ccc1[N+](=O)[O-]. The average Bonchev–Trinajstić information content (AvgIpc) is 2.03. The molecule has 0 spiro atoms. The van der Waals surface area contributed by atoms with Crippen molar-refractivity contribution in [1.29, 1.82) is 0 Å². The molecular formula is C6H7N3O3. The van der Waals surface area contributed by atoms with Gasteiger partial charge in [0.15, 0.2) is 0 Å². The fraction of sp³-hybridized carbons (Fsp3) is 0.167. The van der Waals surface area contributed by atoms with Gasteiger partial charge in [0.05, 0.1) is 4.92 Å². The van der Waals surface area contributed by atoms with Crippen LogP contribution in [-0.2, 0) is 0 Å². The summed E-state index contributed by atoms with van der Waals surface area (Å²) in [6, 6.07) is 2.63. The van der Waals surface area contributed by atoms with Crippen molar-refractivity contribution in [3.63, 3.8) is 0 Å². The second-order valence-corrected chi connectivity index (χ2v) is 2.13. The maximum atomic E-state index is 10.3. The molecule has 0 saturated carbocycles. The Balaban J connectivity index is 3.12. The molecule has 64 valence electrons. The Morgan fingerprint density at radius 1 is 1.67 bits per heavy atom. The third kappa shape index (κ3) is 1.48. The minimum atomic E-state index is -0.511. The lowest BCUT2D eigenvalue weighted by Gasteiger charge is -1.98. The zero-order valence-electron chi connectivity index (χ0n) is 6.35. The van der Waals surface area contributed by atoms with Gasteiger partial charge in [-0.2, -0.15) is 5.90 Å². The van der Waals surface area contributed by atoms with Crippen LogP contribution in [0.4, 0.5) is 5.69 Å². The Morgan fingerprint density at radius 3 is 2.75 bits per heavy atom. The van der Waals surface area contributed by atoms with Gasteiger partial charge in [0.2, 0.25) is 5.88 Å². The van der Waals surface area contributed by atoms with Crippen molar-refractivity contribution in [2.75, 3.05) is 0 Å². The van der Waals surface area contributed by atoms with Gasteiger partial charge in [-0.25, -0.2) is 4.98 Å². The highest BCUT2D eigenvalue weighted by molar-refractivity contribution is 5.36. The van der Waals surface area contributed by atoms with Crippen molar-refractivity contribution < 1.29 is 9.76 Å². The molecule has 0 aliphatic rings. The fourth-order valence-electron chi connectivity index (χ4n) is 0.789. The van der Waals surface area contributed by atoms with Crippen molar-refractivity contribution in [2.24, 2.45) is 5.90 Å². The Morgan fingerprint density at radius 2 is 2.33 bits per heavy atom. The topological polar surface area (TPSA) is 91.3 Å². The summed E-state index contributed by atoms with van der Waals surface area (Å²) in [5, 5.41) is 10.3. The van der Waals surface area contributed by atoms with Crippen LogP contribution in [0, 0.1) is 17.0 Å². The van der Waals surface area contributed by atoms with Crippen molar-refractivity contribution in [3.05, 3.63) is 27.9 Å². The number of hydrogen-bond acceptors (Lipinski definition) is 5. The third-order valence-electron chi connectivity index (χ3n) is 1.35. The van der Waals surface area contributed by atoms with Gasteiger partial charge in [0.1, 0.15) is 5.69 Å². The van der Waals surface area contributed by atoms with E-state index in [1.54, 1.807) is 0 Å². The van der Waals surface area contributed by atoms with Crippen molar-refractivity contribution in [3.8, 4) is 5.88 Å². The first-order valence-electron chi connectivity index (χ1n) is 3.14. The summed E-state index contributed by atoms with van der Waals surface area (Å²) in [5.74, 6) is 4.98. The summed E-state index contributed by atoms with van der Waals surface area (Å²) < 4.78 is 0. The molecule has 0 atom stereocenters. The first-order chi connectivity index (χ1) is 5.65. The highest BCUT2D eigenvalue weighted by Crippen LogP contribution is 2.17. The fourth-order valence-corrected chi connectivity index (χ4v) is 0.789. The standard InChI is InChI=1S/C6H7N3O3/c1-4-5(9(10)11)2-3-6(8-4)12-7/h2-3H,7H2,1H3. The highest BCUT2D eigenvalue weighted by Gasteiger charge is 2.11. The Hall–Kier alpha value is -1.69. The maximum Gasteiger partial charge on any atom is 0.290 e. The molecule has 6 heteroatoms. The number of aromatic nitrogens is 1. The van der Waals surface area contributed by atoms with E-state index >= 15 is 0 Å². The third-order valence-corrected chi connectivity index (χ3v) is 1.35. The summed E-state index contributed by atoms with van der Waals surface area (Å²) in [6.07, 6.45) is 0. The molecule has 2 N–H and O–H groups in total. The van der Waals surface area contributed by atoms with E-state index in [2.05, 4.69) is 9.82 Å². The van der Waals surface area contributed by atoms with Crippen LogP contribution in [0.5, 0.6) is 5.88 Å². The monoisotopic (exact) mass is 169 g/mol. The van der Waals surface area contributed by atoms with Crippen molar-refractivity contribution >= 4 is 5.69 Å². The van der Waals surface area contributed by atoms with E-state index in [1.165, 1.54) is 19.1 Å². The normalized spacial score (nSPS) is 9.50. The number of pyridine rings is 1. The molecule has 1 aromatic heterocycles. The van der Waals surface area contributed by atoms with Gasteiger partial charge in [-0.15, -0.1) is 0 Å². The molecule has 1 aromatic rings. The van der Waals surface area contributed by atoms with E-state index in [9.17, 15) is 10.1 Å². The molecule has 0 saturated heterocycles. The molecular weight excluding hydrogens is 162 g/mol. The van der Waals surface area contributed by atoms with E-state index in [0.29, 0.717) is 0 Å². The van der Waals surface area contributed by atoms with Gasteiger partial charge in [0, 0.05) is 12.1 Å². The highest BCUT2D eigenvalue weighted by atomic mass is 16.6. The smallest absolute Gasteiger partial charge is 0.290 e. The molecule has 0 radical (unpaired) electrons. The zero-order chi connectivity index (χ0) is 9.14. The Kier molecular flexibility index (Phi) is 2.20. The molecule has 0 unspecified atom stereocenters. The molecule has 0 fully saturated rings. The number of nitrogens with two attached hydrogens (primary N) is 1. The van der Waals surface area contributed by atoms with E-state index < -0.39 is 4.92 Å². The Bertz CT molecular complexity index is 313. The van der Waals surface area contributed by atoms with Gasteiger partial charge >= 0.3 is 0 Å². The second kappa shape index (κ2) is 3.14. The van der Waals surface area contributed by atoms with Crippen LogP contribution in [0.2, 0.25) is 0 Å². The lowest BCUT2D eigenvalue weighted by atomic mass is 10.3. The molecule has 0 amide bonds. The number of hydrogen-bond donors (Lipinski definition) is 1. The van der Waals surface area contributed by atoms with Crippen LogP contribution < -0.4 is 10.7 Å². The first kappa shape index (κ1) is 8.41. The van der Waals surface area contributed by atoms with E-state index in [-0.39, 0.29) is 17.3 Å². The average molecular weight is 169 g/mol. The molecule has 0 aliphatic heterocycles. The lowest BCUT2D eigenvalue weighted by Crippen LogP contribution is -2.05. The van der Waals surface area contributed by atoms with E-state index in [4.69, 9.17) is 5.90 Å². The van der Waals surface area contributed by atoms with Gasteiger partial charge in [0.25, 0.3) is 5.69 Å². The van der Waals surface area contributed by atoms with E-state index in [1.807, 2.05) is 0 Å². The Labute approximate surface area is 68.1 Å². The molecule has 6 nitrogen and oxygen atoms in total. The van der Waals surface area contributed by atoms with Gasteiger partial charge in [-0.1, -0.05) is 0 Å². The summed E-state index contributed by atoms with van der Waals surface area (Å²) >= 11 is 0. The first-order valence-corrected chi connectivity index (χ1v) is 3.14. The largest absolute Gasteiger partial charge is 0.391 e. The summed E-state index contributed by atoms with van der Waals surface area (Å²) in [5.41, 5.74) is 0.235. The molecule has 12 heavy (non-hydrogen) atoms. The van der Waals surface area contributed by atoms with Gasteiger partial charge in [-0.3, -0.25) is 10.1 Å². The number of nitrogens with zero attached hydrogens (tertiary/aromatic N) is 2. The van der Waals surface area contributed by atoms with Crippen LogP contribution in [0.3, 0.4) is 0 Å². The van der Waals surface area contributed by atoms with Crippen LogP contribution in [0.25, 0.3) is 0 Å².